The Morgan fingerprint density at radius 1 is 1.24 bits per heavy atom. The van der Waals surface area contributed by atoms with Gasteiger partial charge in [0.1, 0.15) is 12.2 Å². The van der Waals surface area contributed by atoms with Crippen LogP contribution in [0.15, 0.2) is 29.3 Å². The molecule has 0 aromatic carbocycles. The van der Waals surface area contributed by atoms with Gasteiger partial charge < -0.3 is 15.2 Å². The zero-order valence-corrected chi connectivity index (χ0v) is 15.2. The lowest BCUT2D eigenvalue weighted by molar-refractivity contribution is -0.135. The number of ether oxygens (including phenoxy) is 2. The number of allylic oxidation sites excluding steroid dienone is 2. The van der Waals surface area contributed by atoms with Gasteiger partial charge in [0.25, 0.3) is 5.91 Å². The standard InChI is InChI=1S/C19H29N3O3/c1-22-17(23)19(21-18(22)20,12-14-8-4-3-5-9-14)13-25-16-11-7-6-10-15(16)24-2/h6-7,10-11,14-16H,3-5,8-9,12-13H2,1-2H3,(H2,20,21). The molecule has 0 aromatic rings. The summed E-state index contributed by atoms with van der Waals surface area (Å²) in [6.45, 7) is 0.232. The third-order valence-electron chi connectivity index (χ3n) is 5.55. The van der Waals surface area contributed by atoms with Gasteiger partial charge in [-0.05, 0) is 12.3 Å². The van der Waals surface area contributed by atoms with Gasteiger partial charge in [0.05, 0.1) is 6.61 Å². The van der Waals surface area contributed by atoms with E-state index in [9.17, 15) is 4.79 Å². The predicted octanol–water partition coefficient (Wildman–Crippen LogP) is 2.01. The average molecular weight is 347 g/mol. The van der Waals surface area contributed by atoms with Crippen molar-refractivity contribution >= 4 is 11.9 Å². The summed E-state index contributed by atoms with van der Waals surface area (Å²) in [6, 6.07) is 0. The van der Waals surface area contributed by atoms with Crippen LogP contribution in [0.3, 0.4) is 0 Å². The van der Waals surface area contributed by atoms with Crippen molar-refractivity contribution in [2.45, 2.75) is 56.3 Å². The zero-order valence-electron chi connectivity index (χ0n) is 15.2. The minimum Gasteiger partial charge on any atom is -0.374 e. The Hall–Kier alpha value is -1.66. The molecule has 138 valence electrons. The molecule has 6 nitrogen and oxygen atoms in total. The molecule has 0 spiro atoms. The number of methoxy groups -OCH3 is 1. The smallest absolute Gasteiger partial charge is 0.259 e. The molecule has 3 unspecified atom stereocenters. The number of carbonyl (C=O) groups excluding carboxylic acids is 1. The molecule has 0 radical (unpaired) electrons. The fourth-order valence-electron chi connectivity index (χ4n) is 4.08. The molecule has 1 fully saturated rings. The van der Waals surface area contributed by atoms with Crippen molar-refractivity contribution in [2.75, 3.05) is 20.8 Å². The minimum atomic E-state index is -0.895. The maximum atomic E-state index is 12.9. The zero-order chi connectivity index (χ0) is 17.9. The van der Waals surface area contributed by atoms with Crippen LogP contribution >= 0.6 is 0 Å². The Morgan fingerprint density at radius 3 is 2.52 bits per heavy atom. The maximum absolute atomic E-state index is 12.9. The highest BCUT2D eigenvalue weighted by molar-refractivity contribution is 6.06. The van der Waals surface area contributed by atoms with E-state index in [1.807, 2.05) is 24.3 Å². The van der Waals surface area contributed by atoms with E-state index in [2.05, 4.69) is 4.99 Å². The molecule has 6 heteroatoms. The molecule has 1 amide bonds. The van der Waals surface area contributed by atoms with Crippen LogP contribution in [0.2, 0.25) is 0 Å². The maximum Gasteiger partial charge on any atom is 0.259 e. The first-order valence-corrected chi connectivity index (χ1v) is 9.18. The van der Waals surface area contributed by atoms with Crippen molar-refractivity contribution in [1.82, 2.24) is 4.90 Å². The molecule has 1 aliphatic heterocycles. The fraction of sp³-hybridized carbons (Fsp3) is 0.684. The summed E-state index contributed by atoms with van der Waals surface area (Å²) in [4.78, 5) is 19.0. The number of nitrogens with zero attached hydrogens (tertiary/aromatic N) is 2. The Bertz CT molecular complexity index is 580. The molecule has 25 heavy (non-hydrogen) atoms. The fourth-order valence-corrected chi connectivity index (χ4v) is 4.08. The summed E-state index contributed by atoms with van der Waals surface area (Å²) in [5.74, 6) is 0.732. The van der Waals surface area contributed by atoms with Crippen molar-refractivity contribution < 1.29 is 14.3 Å². The molecule has 3 rings (SSSR count). The Morgan fingerprint density at radius 2 is 1.92 bits per heavy atom. The molecule has 1 saturated carbocycles. The molecular weight excluding hydrogens is 318 g/mol. The molecule has 0 bridgehead atoms. The number of nitrogens with two attached hydrogens (primary N) is 1. The molecule has 3 atom stereocenters. The lowest BCUT2D eigenvalue weighted by Gasteiger charge is -2.33. The molecular formula is C19H29N3O3. The first-order valence-electron chi connectivity index (χ1n) is 9.18. The second-order valence-corrected chi connectivity index (χ2v) is 7.32. The van der Waals surface area contributed by atoms with E-state index in [1.54, 1.807) is 14.2 Å². The van der Waals surface area contributed by atoms with E-state index < -0.39 is 5.54 Å². The number of amides is 1. The number of guanidine groups is 1. The van der Waals surface area contributed by atoms with Gasteiger partial charge in [-0.3, -0.25) is 9.69 Å². The van der Waals surface area contributed by atoms with E-state index in [4.69, 9.17) is 15.2 Å². The van der Waals surface area contributed by atoms with Gasteiger partial charge in [-0.15, -0.1) is 0 Å². The van der Waals surface area contributed by atoms with Crippen molar-refractivity contribution in [2.24, 2.45) is 16.6 Å². The van der Waals surface area contributed by atoms with Crippen LogP contribution in [0.4, 0.5) is 0 Å². The van der Waals surface area contributed by atoms with Crippen molar-refractivity contribution in [3.05, 3.63) is 24.3 Å². The van der Waals surface area contributed by atoms with Gasteiger partial charge in [0.2, 0.25) is 0 Å². The normalized spacial score (nSPS) is 33.1. The van der Waals surface area contributed by atoms with E-state index in [0.717, 1.165) is 12.8 Å². The number of hydrogen-bond donors (Lipinski definition) is 1. The average Bonchev–Trinajstić information content (AvgIpc) is 2.85. The number of hydrogen-bond acceptors (Lipinski definition) is 5. The third kappa shape index (κ3) is 3.80. The highest BCUT2D eigenvalue weighted by Gasteiger charge is 2.48. The molecule has 0 saturated heterocycles. The first-order chi connectivity index (χ1) is 12.1. The lowest BCUT2D eigenvalue weighted by atomic mass is 9.79. The molecule has 2 N–H and O–H groups in total. The molecule has 0 aromatic heterocycles. The van der Waals surface area contributed by atoms with Crippen molar-refractivity contribution in [3.8, 4) is 0 Å². The predicted molar refractivity (Wildman–Crippen MR) is 97.1 cm³/mol. The highest BCUT2D eigenvalue weighted by atomic mass is 16.5. The Labute approximate surface area is 149 Å². The van der Waals surface area contributed by atoms with Gasteiger partial charge in [-0.1, -0.05) is 56.4 Å². The summed E-state index contributed by atoms with van der Waals surface area (Å²) in [6.07, 6.45) is 14.2. The van der Waals surface area contributed by atoms with Crippen LogP contribution in [0, 0.1) is 5.92 Å². The summed E-state index contributed by atoms with van der Waals surface area (Å²) in [5.41, 5.74) is 5.07. The molecule has 3 aliphatic rings. The number of carbonyl (C=O) groups is 1. The third-order valence-corrected chi connectivity index (χ3v) is 5.55. The van der Waals surface area contributed by atoms with E-state index >= 15 is 0 Å². The van der Waals surface area contributed by atoms with Crippen LogP contribution in [-0.2, 0) is 14.3 Å². The quantitative estimate of drug-likeness (QED) is 0.797. The number of rotatable bonds is 6. The van der Waals surface area contributed by atoms with Gasteiger partial charge in [-0.2, -0.15) is 0 Å². The summed E-state index contributed by atoms with van der Waals surface area (Å²) in [7, 11) is 3.35. The van der Waals surface area contributed by atoms with Crippen molar-refractivity contribution in [3.63, 3.8) is 0 Å². The van der Waals surface area contributed by atoms with Crippen LogP contribution in [0.1, 0.15) is 38.5 Å². The minimum absolute atomic E-state index is 0.0557. The van der Waals surface area contributed by atoms with Crippen LogP contribution in [-0.4, -0.2) is 55.3 Å². The largest absolute Gasteiger partial charge is 0.374 e. The van der Waals surface area contributed by atoms with Crippen LogP contribution in [0.5, 0.6) is 0 Å². The lowest BCUT2D eigenvalue weighted by Crippen LogP contribution is -2.47. The molecule has 1 heterocycles. The summed E-state index contributed by atoms with van der Waals surface area (Å²) < 4.78 is 11.6. The molecule has 2 aliphatic carbocycles. The van der Waals surface area contributed by atoms with Gasteiger partial charge >= 0.3 is 0 Å². The van der Waals surface area contributed by atoms with E-state index in [0.29, 0.717) is 12.3 Å². The summed E-state index contributed by atoms with van der Waals surface area (Å²) >= 11 is 0. The van der Waals surface area contributed by atoms with Gasteiger partial charge in [0, 0.05) is 14.2 Å². The van der Waals surface area contributed by atoms with Crippen molar-refractivity contribution in [1.29, 1.82) is 0 Å². The number of likely N-dealkylation sites (N-methyl/N-ethyl adjacent to an activating group) is 1. The second-order valence-electron chi connectivity index (χ2n) is 7.32. The van der Waals surface area contributed by atoms with Crippen LogP contribution in [0.25, 0.3) is 0 Å². The SMILES string of the molecule is COC1C=CC=CC1OCC1(CC2CCCCC2)N=C(N)N(C)C1=O. The van der Waals surface area contributed by atoms with E-state index in [1.165, 1.54) is 24.2 Å². The topological polar surface area (TPSA) is 77.2 Å². The van der Waals surface area contributed by atoms with Gasteiger partial charge in [-0.25, -0.2) is 4.99 Å². The monoisotopic (exact) mass is 347 g/mol. The van der Waals surface area contributed by atoms with Crippen LogP contribution < -0.4 is 5.73 Å². The first kappa shape index (κ1) is 18.1. The summed E-state index contributed by atoms with van der Waals surface area (Å²) in [5, 5.41) is 0. The highest BCUT2D eigenvalue weighted by Crippen LogP contribution is 2.36. The number of aliphatic imine (C=N–C) groups is 1. The Kier molecular flexibility index (Phi) is 5.59. The second kappa shape index (κ2) is 7.70. The van der Waals surface area contributed by atoms with Gasteiger partial charge in [0.15, 0.2) is 11.5 Å². The Balaban J connectivity index is 1.74. The van der Waals surface area contributed by atoms with E-state index in [-0.39, 0.29) is 30.7 Å².